The van der Waals surface area contributed by atoms with Crippen LogP contribution in [0.3, 0.4) is 0 Å². The Morgan fingerprint density at radius 2 is 2.14 bits per heavy atom. The number of hydrogen-bond acceptors (Lipinski definition) is 3. The summed E-state index contributed by atoms with van der Waals surface area (Å²) in [6.07, 6.45) is 0.921. The van der Waals surface area contributed by atoms with Crippen molar-refractivity contribution in [2.45, 2.75) is 13.3 Å². The van der Waals surface area contributed by atoms with Crippen molar-refractivity contribution in [3.63, 3.8) is 0 Å². The summed E-state index contributed by atoms with van der Waals surface area (Å²) in [7, 11) is 0. The summed E-state index contributed by atoms with van der Waals surface area (Å²) in [5, 5.41) is 0. The van der Waals surface area contributed by atoms with E-state index in [2.05, 4.69) is 0 Å². The standard InChI is InChI=1S/C11H14O3/c1-2-12-6-5-9-3-4-10-11(7-9)14-8-13-10/h3-4,7H,2,5-6,8H2,1H3. The molecule has 0 saturated heterocycles. The average Bonchev–Trinajstić information content (AvgIpc) is 2.65. The molecule has 3 heteroatoms. The lowest BCUT2D eigenvalue weighted by atomic mass is 10.1. The predicted molar refractivity (Wildman–Crippen MR) is 52.8 cm³/mol. The summed E-state index contributed by atoms with van der Waals surface area (Å²) in [6.45, 7) is 3.87. The molecule has 3 nitrogen and oxygen atoms in total. The molecule has 0 atom stereocenters. The molecule has 0 N–H and O–H groups in total. The Kier molecular flexibility index (Phi) is 2.89. The zero-order valence-electron chi connectivity index (χ0n) is 8.29. The van der Waals surface area contributed by atoms with Gasteiger partial charge in [-0.05, 0) is 31.0 Å². The van der Waals surface area contributed by atoms with Gasteiger partial charge in [0.15, 0.2) is 11.5 Å². The van der Waals surface area contributed by atoms with E-state index in [1.54, 1.807) is 0 Å². The second-order valence-electron chi connectivity index (χ2n) is 3.13. The van der Waals surface area contributed by atoms with Gasteiger partial charge in [-0.3, -0.25) is 0 Å². The van der Waals surface area contributed by atoms with Crippen LogP contribution in [0.15, 0.2) is 18.2 Å². The van der Waals surface area contributed by atoms with Crippen LogP contribution in [-0.2, 0) is 11.2 Å². The molecule has 1 heterocycles. The summed E-state index contributed by atoms with van der Waals surface area (Å²) in [4.78, 5) is 0. The molecule has 0 unspecified atom stereocenters. The lowest BCUT2D eigenvalue weighted by Crippen LogP contribution is -1.97. The minimum absolute atomic E-state index is 0.338. The van der Waals surface area contributed by atoms with Crippen LogP contribution >= 0.6 is 0 Å². The number of hydrogen-bond donors (Lipinski definition) is 0. The quantitative estimate of drug-likeness (QED) is 0.686. The van der Waals surface area contributed by atoms with E-state index in [-0.39, 0.29) is 0 Å². The molecule has 14 heavy (non-hydrogen) atoms. The van der Waals surface area contributed by atoms with Crippen LogP contribution in [-0.4, -0.2) is 20.0 Å². The molecule has 0 bridgehead atoms. The van der Waals surface area contributed by atoms with Crippen molar-refractivity contribution in [1.82, 2.24) is 0 Å². The summed E-state index contributed by atoms with van der Waals surface area (Å²) in [5.41, 5.74) is 1.22. The van der Waals surface area contributed by atoms with E-state index in [0.29, 0.717) is 6.79 Å². The fraction of sp³-hybridized carbons (Fsp3) is 0.455. The Labute approximate surface area is 83.6 Å². The van der Waals surface area contributed by atoms with Gasteiger partial charge < -0.3 is 14.2 Å². The highest BCUT2D eigenvalue weighted by atomic mass is 16.7. The van der Waals surface area contributed by atoms with Gasteiger partial charge in [-0.15, -0.1) is 0 Å². The van der Waals surface area contributed by atoms with Crippen LogP contribution in [0.5, 0.6) is 11.5 Å². The first-order valence-corrected chi connectivity index (χ1v) is 4.86. The molecule has 0 aromatic heterocycles. The van der Waals surface area contributed by atoms with Crippen LogP contribution in [0, 0.1) is 0 Å². The van der Waals surface area contributed by atoms with E-state index < -0.39 is 0 Å². The maximum absolute atomic E-state index is 5.28. The Balaban J connectivity index is 1.98. The lowest BCUT2D eigenvalue weighted by molar-refractivity contribution is 0.151. The van der Waals surface area contributed by atoms with Gasteiger partial charge >= 0.3 is 0 Å². The summed E-state index contributed by atoms with van der Waals surface area (Å²) in [5.74, 6) is 1.68. The maximum Gasteiger partial charge on any atom is 0.231 e. The third-order valence-corrected chi connectivity index (χ3v) is 2.18. The smallest absolute Gasteiger partial charge is 0.231 e. The molecule has 0 saturated carbocycles. The largest absolute Gasteiger partial charge is 0.454 e. The third kappa shape index (κ3) is 1.99. The van der Waals surface area contributed by atoms with Gasteiger partial charge in [-0.1, -0.05) is 6.07 Å². The van der Waals surface area contributed by atoms with Crippen LogP contribution in [0.1, 0.15) is 12.5 Å². The molecule has 76 valence electrons. The Bertz CT molecular complexity index is 309. The van der Waals surface area contributed by atoms with Gasteiger partial charge in [-0.25, -0.2) is 0 Å². The third-order valence-electron chi connectivity index (χ3n) is 2.18. The van der Waals surface area contributed by atoms with E-state index in [9.17, 15) is 0 Å². The van der Waals surface area contributed by atoms with Crippen molar-refractivity contribution in [2.24, 2.45) is 0 Å². The SMILES string of the molecule is CCOCCc1ccc2c(c1)OCO2. The van der Waals surface area contributed by atoms with Crippen molar-refractivity contribution in [3.05, 3.63) is 23.8 Å². The van der Waals surface area contributed by atoms with Crippen LogP contribution in [0.2, 0.25) is 0 Å². The number of rotatable bonds is 4. The first-order chi connectivity index (χ1) is 6.90. The van der Waals surface area contributed by atoms with Crippen molar-refractivity contribution in [3.8, 4) is 11.5 Å². The van der Waals surface area contributed by atoms with Gasteiger partial charge in [0.25, 0.3) is 0 Å². The Morgan fingerprint density at radius 3 is 3.00 bits per heavy atom. The molecule has 2 rings (SSSR count). The molecule has 1 aromatic carbocycles. The summed E-state index contributed by atoms with van der Waals surface area (Å²) < 4.78 is 15.8. The first kappa shape index (κ1) is 9.34. The van der Waals surface area contributed by atoms with Gasteiger partial charge in [-0.2, -0.15) is 0 Å². The zero-order chi connectivity index (χ0) is 9.80. The molecule has 1 aliphatic heterocycles. The van der Waals surface area contributed by atoms with Gasteiger partial charge in [0.2, 0.25) is 6.79 Å². The monoisotopic (exact) mass is 194 g/mol. The maximum atomic E-state index is 5.28. The molecular formula is C11H14O3. The highest BCUT2D eigenvalue weighted by molar-refractivity contribution is 5.44. The van der Waals surface area contributed by atoms with E-state index >= 15 is 0 Å². The molecule has 0 spiro atoms. The number of ether oxygens (including phenoxy) is 3. The molecule has 0 aliphatic carbocycles. The van der Waals surface area contributed by atoms with E-state index in [1.165, 1.54) is 5.56 Å². The number of benzene rings is 1. The molecular weight excluding hydrogens is 180 g/mol. The van der Waals surface area contributed by atoms with Crippen molar-refractivity contribution in [2.75, 3.05) is 20.0 Å². The molecule has 0 radical (unpaired) electrons. The van der Waals surface area contributed by atoms with Crippen LogP contribution in [0.25, 0.3) is 0 Å². The van der Waals surface area contributed by atoms with Crippen molar-refractivity contribution in [1.29, 1.82) is 0 Å². The van der Waals surface area contributed by atoms with Gasteiger partial charge in [0.1, 0.15) is 0 Å². The van der Waals surface area contributed by atoms with Crippen LogP contribution < -0.4 is 9.47 Å². The molecule has 1 aliphatic rings. The average molecular weight is 194 g/mol. The van der Waals surface area contributed by atoms with Gasteiger partial charge in [0.05, 0.1) is 6.61 Å². The van der Waals surface area contributed by atoms with E-state index in [4.69, 9.17) is 14.2 Å². The second-order valence-corrected chi connectivity index (χ2v) is 3.13. The topological polar surface area (TPSA) is 27.7 Å². The second kappa shape index (κ2) is 4.33. The first-order valence-electron chi connectivity index (χ1n) is 4.86. The Hall–Kier alpha value is -1.22. The summed E-state index contributed by atoms with van der Waals surface area (Å²) in [6, 6.07) is 6.01. The summed E-state index contributed by atoms with van der Waals surface area (Å²) >= 11 is 0. The molecule has 1 aromatic rings. The zero-order valence-corrected chi connectivity index (χ0v) is 8.29. The van der Waals surface area contributed by atoms with Crippen LogP contribution in [0.4, 0.5) is 0 Å². The van der Waals surface area contributed by atoms with E-state index in [1.807, 2.05) is 25.1 Å². The normalized spacial score (nSPS) is 13.2. The lowest BCUT2D eigenvalue weighted by Gasteiger charge is -2.02. The van der Waals surface area contributed by atoms with Crippen molar-refractivity contribution < 1.29 is 14.2 Å². The van der Waals surface area contributed by atoms with E-state index in [0.717, 1.165) is 31.1 Å². The highest BCUT2D eigenvalue weighted by Gasteiger charge is 2.12. The number of fused-ring (bicyclic) bond motifs is 1. The molecule has 0 fully saturated rings. The fourth-order valence-electron chi connectivity index (χ4n) is 1.43. The Morgan fingerprint density at radius 1 is 1.29 bits per heavy atom. The van der Waals surface area contributed by atoms with Crippen molar-refractivity contribution >= 4 is 0 Å². The minimum Gasteiger partial charge on any atom is -0.454 e. The predicted octanol–water partition coefficient (Wildman–Crippen LogP) is 1.99. The minimum atomic E-state index is 0.338. The fourth-order valence-corrected chi connectivity index (χ4v) is 1.43. The molecule has 0 amide bonds. The van der Waals surface area contributed by atoms with Gasteiger partial charge in [0, 0.05) is 6.61 Å². The highest BCUT2D eigenvalue weighted by Crippen LogP contribution is 2.32.